The van der Waals surface area contributed by atoms with Crippen LogP contribution in [0.1, 0.15) is 34.3 Å². The van der Waals surface area contributed by atoms with Crippen molar-refractivity contribution in [2.45, 2.75) is 37.2 Å². The van der Waals surface area contributed by atoms with Gasteiger partial charge in [-0.05, 0) is 24.6 Å². The highest BCUT2D eigenvalue weighted by Gasteiger charge is 2.44. The van der Waals surface area contributed by atoms with Gasteiger partial charge in [-0.3, -0.25) is 14.4 Å². The molecule has 3 heterocycles. The van der Waals surface area contributed by atoms with E-state index in [1.807, 2.05) is 0 Å². The van der Waals surface area contributed by atoms with Gasteiger partial charge in [0.25, 0.3) is 23.6 Å². The van der Waals surface area contributed by atoms with Crippen molar-refractivity contribution in [1.82, 2.24) is 10.2 Å². The molecule has 5 rings (SSSR count). The molecule has 3 amide bonds. The van der Waals surface area contributed by atoms with Gasteiger partial charge >= 0.3 is 6.18 Å². The first-order valence-corrected chi connectivity index (χ1v) is 12.5. The van der Waals surface area contributed by atoms with Crippen molar-refractivity contribution >= 4 is 29.1 Å². The van der Waals surface area contributed by atoms with Crippen LogP contribution >= 0.6 is 0 Å². The van der Waals surface area contributed by atoms with Crippen LogP contribution in [0.25, 0.3) is 0 Å². The second-order valence-electron chi connectivity index (χ2n) is 10.0. The number of hydrogen-bond acceptors (Lipinski definition) is 5. The van der Waals surface area contributed by atoms with Gasteiger partial charge in [0.05, 0.1) is 46.3 Å². The van der Waals surface area contributed by atoms with Crippen molar-refractivity contribution in [3.63, 3.8) is 0 Å². The molecule has 1 aliphatic carbocycles. The number of amides is 3. The average Bonchev–Trinajstić information content (AvgIpc) is 3.52. The minimum absolute atomic E-state index is 0.0565. The Morgan fingerprint density at radius 3 is 2.61 bits per heavy atom. The zero-order chi connectivity index (χ0) is 29.7. The lowest BCUT2D eigenvalue weighted by Gasteiger charge is -2.28. The molecule has 8 nitrogen and oxygen atoms in total. The van der Waals surface area contributed by atoms with Crippen LogP contribution in [0.15, 0.2) is 52.6 Å². The minimum atomic E-state index is -5.00. The van der Waals surface area contributed by atoms with Crippen LogP contribution in [0.4, 0.5) is 32.0 Å². The molecular formula is C27H21F6N5O3. The number of rotatable bonds is 4. The molecule has 0 radical (unpaired) electrons. The van der Waals surface area contributed by atoms with E-state index in [2.05, 4.69) is 10.3 Å². The fourth-order valence-electron chi connectivity index (χ4n) is 5.31. The number of nitrogens with one attached hydrogen (secondary N) is 1. The summed E-state index contributed by atoms with van der Waals surface area (Å²) in [6.07, 6.45) is -2.33. The Balaban J connectivity index is 1.43. The molecule has 14 heteroatoms. The largest absolute Gasteiger partial charge is 0.418 e. The average molecular weight is 577 g/mol. The molecule has 2 atom stereocenters. The van der Waals surface area contributed by atoms with E-state index in [0.717, 1.165) is 23.1 Å². The van der Waals surface area contributed by atoms with Crippen LogP contribution in [0.5, 0.6) is 0 Å². The number of nitriles is 1. The first-order chi connectivity index (χ1) is 19.3. The fraction of sp³-hybridized carbons (Fsp3) is 0.370. The van der Waals surface area contributed by atoms with Crippen molar-refractivity contribution < 1.29 is 40.7 Å². The third-order valence-corrected chi connectivity index (χ3v) is 7.18. The number of nitrogens with zero attached hydrogens (tertiary/aromatic N) is 4. The first kappa shape index (κ1) is 28.1. The quantitative estimate of drug-likeness (QED) is 0.552. The zero-order valence-corrected chi connectivity index (χ0v) is 21.1. The van der Waals surface area contributed by atoms with Crippen LogP contribution < -0.4 is 10.2 Å². The maximum absolute atomic E-state index is 14.3. The summed E-state index contributed by atoms with van der Waals surface area (Å²) in [5.74, 6) is -5.86. The van der Waals surface area contributed by atoms with Crippen LogP contribution in [-0.2, 0) is 15.8 Å². The predicted molar refractivity (Wildman–Crippen MR) is 133 cm³/mol. The van der Waals surface area contributed by atoms with Gasteiger partial charge in [0.15, 0.2) is 6.17 Å². The highest BCUT2D eigenvalue weighted by Crippen LogP contribution is 2.42. The normalized spacial score (nSPS) is 23.4. The molecule has 0 saturated carbocycles. The minimum Gasteiger partial charge on any atom is -0.368 e. The molecule has 1 aromatic rings. The SMILES string of the molecule is N#Cc1cc(C(=O)N2CCC(F)(F)C2)c(N2CC[C@@H](NC(=O)C3=CC(=O)N=C4C3=CC=CC4F)C2)c(C(F)(F)F)c1. The Morgan fingerprint density at radius 2 is 1.95 bits per heavy atom. The van der Waals surface area contributed by atoms with E-state index < -0.39 is 77.4 Å². The number of likely N-dealkylation sites (tertiary alicyclic amines) is 1. The highest BCUT2D eigenvalue weighted by atomic mass is 19.4. The van der Waals surface area contributed by atoms with Crippen molar-refractivity contribution in [1.29, 1.82) is 5.26 Å². The van der Waals surface area contributed by atoms with Crippen molar-refractivity contribution in [2.24, 2.45) is 4.99 Å². The van der Waals surface area contributed by atoms with Gasteiger partial charge in [0.2, 0.25) is 0 Å². The molecule has 2 saturated heterocycles. The van der Waals surface area contributed by atoms with Crippen LogP contribution in [0, 0.1) is 11.3 Å². The summed E-state index contributed by atoms with van der Waals surface area (Å²) in [5, 5.41) is 12.0. The second-order valence-corrected chi connectivity index (χ2v) is 10.0. The summed E-state index contributed by atoms with van der Waals surface area (Å²) in [6, 6.07) is 2.37. The Morgan fingerprint density at radius 1 is 1.20 bits per heavy atom. The van der Waals surface area contributed by atoms with E-state index >= 15 is 0 Å². The fourth-order valence-corrected chi connectivity index (χ4v) is 5.31. The van der Waals surface area contributed by atoms with Gasteiger partial charge in [-0.25, -0.2) is 18.2 Å². The third kappa shape index (κ3) is 5.48. The van der Waals surface area contributed by atoms with E-state index in [-0.39, 0.29) is 42.9 Å². The van der Waals surface area contributed by atoms with Gasteiger partial charge in [-0.15, -0.1) is 0 Å². The molecule has 41 heavy (non-hydrogen) atoms. The number of allylic oxidation sites excluding steroid dienone is 3. The molecule has 214 valence electrons. The Bertz CT molecular complexity index is 1500. The lowest BCUT2D eigenvalue weighted by Crippen LogP contribution is -2.40. The maximum Gasteiger partial charge on any atom is 0.418 e. The topological polar surface area (TPSA) is 106 Å². The number of hydrogen-bond donors (Lipinski definition) is 1. The lowest BCUT2D eigenvalue weighted by atomic mass is 9.91. The summed E-state index contributed by atoms with van der Waals surface area (Å²) in [4.78, 5) is 43.9. The predicted octanol–water partition coefficient (Wildman–Crippen LogP) is 3.50. The Hall–Kier alpha value is -4.41. The van der Waals surface area contributed by atoms with Crippen LogP contribution in [0.2, 0.25) is 0 Å². The zero-order valence-electron chi connectivity index (χ0n) is 21.1. The summed E-state index contributed by atoms with van der Waals surface area (Å²) in [5.41, 5.74) is -3.13. The van der Waals surface area contributed by atoms with E-state index in [0.29, 0.717) is 6.07 Å². The molecule has 0 bridgehead atoms. The van der Waals surface area contributed by atoms with Gasteiger partial charge < -0.3 is 15.1 Å². The van der Waals surface area contributed by atoms with Crippen LogP contribution in [-0.4, -0.2) is 72.6 Å². The summed E-state index contributed by atoms with van der Waals surface area (Å²) in [6.45, 7) is -1.60. The first-order valence-electron chi connectivity index (χ1n) is 12.5. The number of carbonyl (C=O) groups is 3. The molecule has 0 aromatic heterocycles. The van der Waals surface area contributed by atoms with Crippen molar-refractivity contribution in [3.8, 4) is 6.07 Å². The molecular weight excluding hydrogens is 556 g/mol. The van der Waals surface area contributed by atoms with E-state index in [1.54, 1.807) is 6.07 Å². The van der Waals surface area contributed by atoms with Gasteiger partial charge in [-0.2, -0.15) is 18.4 Å². The van der Waals surface area contributed by atoms with Crippen molar-refractivity contribution in [3.05, 3.63) is 64.3 Å². The smallest absolute Gasteiger partial charge is 0.368 e. The maximum atomic E-state index is 14.3. The summed E-state index contributed by atoms with van der Waals surface area (Å²) in [7, 11) is 0. The number of fused-ring (bicyclic) bond motifs is 1. The molecule has 3 aliphatic heterocycles. The van der Waals surface area contributed by atoms with Gasteiger partial charge in [0, 0.05) is 43.7 Å². The number of halogens is 6. The molecule has 1 unspecified atom stereocenters. The van der Waals surface area contributed by atoms with E-state index in [9.17, 15) is 46.0 Å². The number of aliphatic imine (C=N–C) groups is 1. The van der Waals surface area contributed by atoms with Crippen molar-refractivity contribution in [2.75, 3.05) is 31.1 Å². The number of anilines is 1. The number of benzene rings is 1. The lowest BCUT2D eigenvalue weighted by molar-refractivity contribution is -0.137. The third-order valence-electron chi connectivity index (χ3n) is 7.18. The summed E-state index contributed by atoms with van der Waals surface area (Å²) < 4.78 is 84.5. The highest BCUT2D eigenvalue weighted by molar-refractivity contribution is 6.24. The van der Waals surface area contributed by atoms with Gasteiger partial charge in [-0.1, -0.05) is 12.2 Å². The molecule has 0 spiro atoms. The standard InChI is InChI=1S/C27H21F6N5O3/c28-20-3-1-2-16-17(10-21(39)36-22(16)20)24(40)35-15-4-6-37(12-15)23-18(25(41)38-7-5-26(29,30)13-38)8-14(11-34)9-19(23)27(31,32)33/h1-3,8-10,15,20H,4-7,12-13H2,(H,35,40)/t15-,20?/m1/s1. The Labute approximate surface area is 229 Å². The number of dihydropyridines is 1. The Kier molecular flexibility index (Phi) is 7.00. The molecule has 1 aromatic carbocycles. The summed E-state index contributed by atoms with van der Waals surface area (Å²) >= 11 is 0. The molecule has 4 aliphatic rings. The van der Waals surface area contributed by atoms with E-state index in [1.165, 1.54) is 17.1 Å². The van der Waals surface area contributed by atoms with Crippen LogP contribution in [0.3, 0.4) is 0 Å². The molecule has 2 fully saturated rings. The second kappa shape index (κ2) is 10.2. The van der Waals surface area contributed by atoms with E-state index in [4.69, 9.17) is 0 Å². The van der Waals surface area contributed by atoms with Gasteiger partial charge in [0.1, 0.15) is 0 Å². The number of carbonyl (C=O) groups excluding carboxylic acids is 3. The molecule has 1 N–H and O–H groups in total. The number of alkyl halides is 6. The monoisotopic (exact) mass is 577 g/mol.